The van der Waals surface area contributed by atoms with Crippen LogP contribution in [0.2, 0.25) is 0 Å². The molecule has 76 valence electrons. The molecule has 0 amide bonds. The van der Waals surface area contributed by atoms with Crippen molar-refractivity contribution >= 4 is 11.8 Å². The van der Waals surface area contributed by atoms with Gasteiger partial charge < -0.3 is 5.32 Å². The molecule has 0 aromatic carbocycles. The maximum atomic E-state index is 4.52. The predicted octanol–water partition coefficient (Wildman–Crippen LogP) is 1.47. The second-order valence-corrected chi connectivity index (χ2v) is 4.86. The summed E-state index contributed by atoms with van der Waals surface area (Å²) in [4.78, 5) is 8.72. The summed E-state index contributed by atoms with van der Waals surface area (Å²) >= 11 is 1.99. The average molecular weight is 209 g/mol. The average Bonchev–Trinajstić information content (AvgIpc) is 2.23. The summed E-state index contributed by atoms with van der Waals surface area (Å²) < 4.78 is 0. The minimum Gasteiger partial charge on any atom is -0.314 e. The van der Waals surface area contributed by atoms with Crippen molar-refractivity contribution in [3.8, 4) is 0 Å². The van der Waals surface area contributed by atoms with Crippen LogP contribution in [-0.4, -0.2) is 28.8 Å². The molecule has 1 aliphatic heterocycles. The van der Waals surface area contributed by atoms with Crippen molar-refractivity contribution in [3.63, 3.8) is 0 Å². The lowest BCUT2D eigenvalue weighted by molar-refractivity contribution is 0.674. The van der Waals surface area contributed by atoms with Gasteiger partial charge in [-0.2, -0.15) is 0 Å². The molecule has 1 atom stereocenters. The van der Waals surface area contributed by atoms with Gasteiger partial charge >= 0.3 is 0 Å². The number of rotatable bonds is 1. The van der Waals surface area contributed by atoms with E-state index in [9.17, 15) is 0 Å². The van der Waals surface area contributed by atoms with Crippen LogP contribution in [0.15, 0.2) is 6.20 Å². The van der Waals surface area contributed by atoms with Crippen molar-refractivity contribution in [2.24, 2.45) is 0 Å². The Morgan fingerprint density at radius 3 is 3.07 bits per heavy atom. The lowest BCUT2D eigenvalue weighted by Crippen LogP contribution is -2.29. The fourth-order valence-corrected chi connectivity index (χ4v) is 2.79. The third-order valence-corrected chi connectivity index (χ3v) is 3.60. The summed E-state index contributed by atoms with van der Waals surface area (Å²) in [7, 11) is 0. The Hall–Kier alpha value is -0.610. The molecule has 1 aliphatic rings. The molecule has 0 radical (unpaired) electrons. The van der Waals surface area contributed by atoms with E-state index in [2.05, 4.69) is 22.2 Å². The molecule has 0 bridgehead atoms. The van der Waals surface area contributed by atoms with E-state index in [4.69, 9.17) is 0 Å². The first-order valence-electron chi connectivity index (χ1n) is 4.90. The largest absolute Gasteiger partial charge is 0.314 e. The van der Waals surface area contributed by atoms with Crippen LogP contribution in [0.3, 0.4) is 0 Å². The molecule has 1 aromatic heterocycles. The molecule has 0 aliphatic carbocycles. The summed E-state index contributed by atoms with van der Waals surface area (Å²) in [5, 5.41) is 3.90. The first-order valence-corrected chi connectivity index (χ1v) is 5.94. The van der Waals surface area contributed by atoms with Gasteiger partial charge in [0, 0.05) is 25.0 Å². The van der Waals surface area contributed by atoms with Gasteiger partial charge in [0.05, 0.1) is 10.9 Å². The first kappa shape index (κ1) is 9.93. The lowest BCUT2D eigenvalue weighted by Gasteiger charge is -2.23. The third kappa shape index (κ3) is 2.07. The number of hydrogen-bond acceptors (Lipinski definition) is 4. The number of thioether (sulfide) groups is 1. The van der Waals surface area contributed by atoms with Crippen LogP contribution >= 0.6 is 11.8 Å². The van der Waals surface area contributed by atoms with Crippen LogP contribution in [0, 0.1) is 13.8 Å². The maximum Gasteiger partial charge on any atom is 0.125 e. The molecular weight excluding hydrogens is 194 g/mol. The van der Waals surface area contributed by atoms with E-state index in [0.717, 1.165) is 18.9 Å². The third-order valence-electron chi connectivity index (χ3n) is 2.36. The number of nitrogens with one attached hydrogen (secondary N) is 1. The van der Waals surface area contributed by atoms with Gasteiger partial charge in [-0.15, -0.1) is 11.8 Å². The lowest BCUT2D eigenvalue weighted by atomic mass is 10.2. The van der Waals surface area contributed by atoms with Gasteiger partial charge in [0.2, 0.25) is 0 Å². The molecular formula is C10H15N3S. The van der Waals surface area contributed by atoms with Gasteiger partial charge in [-0.3, -0.25) is 0 Å². The van der Waals surface area contributed by atoms with Crippen molar-refractivity contribution in [3.05, 3.63) is 23.3 Å². The number of nitrogens with zero attached hydrogens (tertiary/aromatic N) is 2. The van der Waals surface area contributed by atoms with E-state index in [0.29, 0.717) is 5.25 Å². The highest BCUT2D eigenvalue weighted by atomic mass is 32.2. The highest BCUT2D eigenvalue weighted by Crippen LogP contribution is 2.30. The van der Waals surface area contributed by atoms with Gasteiger partial charge in [-0.25, -0.2) is 9.97 Å². The Kier molecular flexibility index (Phi) is 3.03. The zero-order valence-electron chi connectivity index (χ0n) is 8.58. The van der Waals surface area contributed by atoms with Crippen molar-refractivity contribution in [1.82, 2.24) is 15.3 Å². The molecule has 14 heavy (non-hydrogen) atoms. The topological polar surface area (TPSA) is 37.8 Å². The van der Waals surface area contributed by atoms with E-state index >= 15 is 0 Å². The molecule has 1 fully saturated rings. The van der Waals surface area contributed by atoms with Crippen molar-refractivity contribution in [2.45, 2.75) is 19.1 Å². The number of aryl methyl sites for hydroxylation is 2. The van der Waals surface area contributed by atoms with Gasteiger partial charge in [0.15, 0.2) is 0 Å². The predicted molar refractivity (Wildman–Crippen MR) is 59.6 cm³/mol. The summed E-state index contributed by atoms with van der Waals surface area (Å²) in [5.74, 6) is 2.05. The standard InChI is InChI=1S/C10H15N3S/c1-7-5-12-8(2)13-10(7)9-6-11-3-4-14-9/h5,9,11H,3-4,6H2,1-2H3. The SMILES string of the molecule is Cc1ncc(C)c(C2CNCCS2)n1. The van der Waals surface area contributed by atoms with E-state index in [1.165, 1.54) is 17.0 Å². The normalized spacial score (nSPS) is 22.3. The summed E-state index contributed by atoms with van der Waals surface area (Å²) in [6.45, 7) is 6.18. The van der Waals surface area contributed by atoms with Gasteiger partial charge in [0.1, 0.15) is 5.82 Å². The van der Waals surface area contributed by atoms with Crippen LogP contribution in [-0.2, 0) is 0 Å². The van der Waals surface area contributed by atoms with Crippen LogP contribution in [0.4, 0.5) is 0 Å². The van der Waals surface area contributed by atoms with Crippen LogP contribution in [0.1, 0.15) is 22.3 Å². The summed E-state index contributed by atoms with van der Waals surface area (Å²) in [5.41, 5.74) is 2.41. The second kappa shape index (κ2) is 4.28. The molecule has 1 N–H and O–H groups in total. The van der Waals surface area contributed by atoms with E-state index in [-0.39, 0.29) is 0 Å². The fraction of sp³-hybridized carbons (Fsp3) is 0.600. The molecule has 2 heterocycles. The minimum atomic E-state index is 0.505. The molecule has 0 spiro atoms. The smallest absolute Gasteiger partial charge is 0.125 e. The quantitative estimate of drug-likeness (QED) is 0.760. The zero-order valence-corrected chi connectivity index (χ0v) is 9.40. The zero-order chi connectivity index (χ0) is 9.97. The minimum absolute atomic E-state index is 0.505. The molecule has 0 saturated carbocycles. The van der Waals surface area contributed by atoms with Gasteiger partial charge in [-0.05, 0) is 19.4 Å². The van der Waals surface area contributed by atoms with E-state index in [1.54, 1.807) is 0 Å². The van der Waals surface area contributed by atoms with Gasteiger partial charge in [-0.1, -0.05) is 0 Å². The monoisotopic (exact) mass is 209 g/mol. The second-order valence-electron chi connectivity index (χ2n) is 3.55. The van der Waals surface area contributed by atoms with Crippen molar-refractivity contribution in [2.75, 3.05) is 18.8 Å². The van der Waals surface area contributed by atoms with E-state index in [1.807, 2.05) is 24.9 Å². The van der Waals surface area contributed by atoms with Crippen molar-refractivity contribution in [1.29, 1.82) is 0 Å². The molecule has 3 nitrogen and oxygen atoms in total. The molecule has 4 heteroatoms. The van der Waals surface area contributed by atoms with Crippen LogP contribution in [0.25, 0.3) is 0 Å². The Morgan fingerprint density at radius 2 is 2.36 bits per heavy atom. The highest BCUT2D eigenvalue weighted by Gasteiger charge is 2.18. The molecule has 1 saturated heterocycles. The molecule has 1 aromatic rings. The number of hydrogen-bond donors (Lipinski definition) is 1. The van der Waals surface area contributed by atoms with Crippen molar-refractivity contribution < 1.29 is 0 Å². The Balaban J connectivity index is 2.24. The fourth-order valence-electron chi connectivity index (χ4n) is 1.61. The Morgan fingerprint density at radius 1 is 1.50 bits per heavy atom. The Labute approximate surface area is 88.7 Å². The molecule has 2 rings (SSSR count). The maximum absolute atomic E-state index is 4.52. The van der Waals surface area contributed by atoms with E-state index < -0.39 is 0 Å². The highest BCUT2D eigenvalue weighted by molar-refractivity contribution is 7.99. The summed E-state index contributed by atoms with van der Waals surface area (Å²) in [6.07, 6.45) is 1.92. The Bertz CT molecular complexity index is 321. The van der Waals surface area contributed by atoms with Crippen LogP contribution < -0.4 is 5.32 Å². The first-order chi connectivity index (χ1) is 6.77. The molecule has 1 unspecified atom stereocenters. The van der Waals surface area contributed by atoms with Crippen LogP contribution in [0.5, 0.6) is 0 Å². The number of aromatic nitrogens is 2. The van der Waals surface area contributed by atoms with Gasteiger partial charge in [0.25, 0.3) is 0 Å². The summed E-state index contributed by atoms with van der Waals surface area (Å²) in [6, 6.07) is 0.